The largest absolute Gasteiger partial charge is 0.493 e. The van der Waals surface area contributed by atoms with Gasteiger partial charge in [-0.05, 0) is 31.9 Å². The Labute approximate surface area is 164 Å². The number of hydrogen-bond acceptors (Lipinski definition) is 7. The molecule has 1 fully saturated rings. The van der Waals surface area contributed by atoms with E-state index in [-0.39, 0.29) is 34.9 Å². The Bertz CT molecular complexity index is 1280. The second-order valence-electron chi connectivity index (χ2n) is 7.35. The minimum Gasteiger partial charge on any atom is -0.493 e. The summed E-state index contributed by atoms with van der Waals surface area (Å²) in [5.41, 5.74) is 1.45. The molecule has 0 radical (unpaired) electrons. The molecule has 0 saturated carbocycles. The first-order valence-electron chi connectivity index (χ1n) is 9.08. The first-order chi connectivity index (χ1) is 13.9. The number of fused-ring (bicyclic) bond motifs is 5. The van der Waals surface area contributed by atoms with Crippen LogP contribution in [-0.2, 0) is 0 Å². The van der Waals surface area contributed by atoms with Gasteiger partial charge in [-0.1, -0.05) is 5.16 Å². The molecule has 10 nitrogen and oxygen atoms in total. The highest BCUT2D eigenvalue weighted by atomic mass is 16.5. The van der Waals surface area contributed by atoms with Crippen LogP contribution in [0.4, 0.5) is 0 Å². The summed E-state index contributed by atoms with van der Waals surface area (Å²) in [6.45, 7) is 3.78. The zero-order valence-electron chi connectivity index (χ0n) is 15.7. The first-order valence-corrected chi connectivity index (χ1v) is 9.08. The van der Waals surface area contributed by atoms with Crippen LogP contribution < -0.4 is 5.69 Å². The molecule has 0 spiro atoms. The van der Waals surface area contributed by atoms with E-state index in [4.69, 9.17) is 9.78 Å². The third-order valence-electron chi connectivity index (χ3n) is 5.59. The van der Waals surface area contributed by atoms with E-state index in [1.165, 1.54) is 10.8 Å². The summed E-state index contributed by atoms with van der Waals surface area (Å²) in [5, 5.41) is 23.7. The van der Waals surface area contributed by atoms with Gasteiger partial charge in [-0.3, -0.25) is 9.36 Å². The fraction of sp³-hybridized carbons (Fsp3) is 0.316. The average Bonchev–Trinajstić information content (AvgIpc) is 3.45. The molecule has 2 aliphatic heterocycles. The van der Waals surface area contributed by atoms with E-state index in [1.54, 1.807) is 35.4 Å². The molecule has 5 heterocycles. The molecule has 10 heteroatoms. The second-order valence-corrected chi connectivity index (χ2v) is 7.35. The molecule has 2 aliphatic rings. The van der Waals surface area contributed by atoms with Crippen molar-refractivity contribution in [1.29, 1.82) is 5.26 Å². The van der Waals surface area contributed by atoms with Crippen molar-refractivity contribution in [2.75, 3.05) is 6.54 Å². The number of carbonyl (C=O) groups is 1. The zero-order chi connectivity index (χ0) is 20.4. The van der Waals surface area contributed by atoms with E-state index in [0.717, 1.165) is 0 Å². The van der Waals surface area contributed by atoms with Crippen molar-refractivity contribution in [2.45, 2.75) is 32.4 Å². The van der Waals surface area contributed by atoms with E-state index in [1.807, 2.05) is 6.07 Å². The summed E-state index contributed by atoms with van der Waals surface area (Å²) in [4.78, 5) is 31.5. The Kier molecular flexibility index (Phi) is 3.46. The normalized spacial score (nSPS) is 19.4. The number of hydrogen-bond donors (Lipinski definition) is 1. The number of aromatic nitrogens is 4. The van der Waals surface area contributed by atoms with E-state index < -0.39 is 6.04 Å². The van der Waals surface area contributed by atoms with Gasteiger partial charge in [-0.25, -0.2) is 14.3 Å². The summed E-state index contributed by atoms with van der Waals surface area (Å²) >= 11 is 0. The van der Waals surface area contributed by atoms with Crippen molar-refractivity contribution < 1.29 is 14.4 Å². The lowest BCUT2D eigenvalue weighted by atomic mass is 10.2. The minimum atomic E-state index is -0.425. The van der Waals surface area contributed by atoms with Gasteiger partial charge in [0.2, 0.25) is 5.88 Å². The zero-order valence-corrected chi connectivity index (χ0v) is 15.7. The quantitative estimate of drug-likeness (QED) is 0.697. The maximum atomic E-state index is 13.0. The molecule has 5 rings (SSSR count). The van der Waals surface area contributed by atoms with Crippen molar-refractivity contribution in [3.8, 4) is 17.6 Å². The van der Waals surface area contributed by atoms with Gasteiger partial charge in [0.15, 0.2) is 5.69 Å². The van der Waals surface area contributed by atoms with Crippen LogP contribution in [0.15, 0.2) is 27.6 Å². The highest BCUT2D eigenvalue weighted by Gasteiger charge is 2.49. The standard InChI is InChI=1S/C19H16N6O4/c1-9-3-11(7-21-14(9)6-20)25-18(27)16-15-5-12(24(16)19(25)28)8-23(15)17(26)13-4-10(2)29-22-13/h3-4,7,12,15,27H,5,8H2,1-2H3/t12-,15-/m0/s1. The molecule has 3 aromatic heterocycles. The fourth-order valence-corrected chi connectivity index (χ4v) is 4.32. The number of aromatic hydroxyl groups is 1. The number of nitrogens with zero attached hydrogens (tertiary/aromatic N) is 6. The highest BCUT2D eigenvalue weighted by Crippen LogP contribution is 2.48. The molecule has 1 saturated heterocycles. The van der Waals surface area contributed by atoms with E-state index >= 15 is 0 Å². The number of pyridine rings is 1. The summed E-state index contributed by atoms with van der Waals surface area (Å²) in [6, 6.07) is 4.53. The van der Waals surface area contributed by atoms with E-state index in [0.29, 0.717) is 35.7 Å². The number of nitriles is 1. The molecule has 0 aromatic carbocycles. The van der Waals surface area contributed by atoms with E-state index in [2.05, 4.69) is 10.1 Å². The lowest BCUT2D eigenvalue weighted by molar-refractivity contribution is 0.0700. The number of imidazole rings is 1. The van der Waals surface area contributed by atoms with Crippen molar-refractivity contribution in [2.24, 2.45) is 0 Å². The van der Waals surface area contributed by atoms with Crippen LogP contribution in [0.3, 0.4) is 0 Å². The van der Waals surface area contributed by atoms with Crippen LogP contribution in [0.2, 0.25) is 0 Å². The molecule has 146 valence electrons. The van der Waals surface area contributed by atoms with Gasteiger partial charge in [0.05, 0.1) is 24.0 Å². The van der Waals surface area contributed by atoms with Gasteiger partial charge in [0, 0.05) is 12.6 Å². The first kappa shape index (κ1) is 17.2. The van der Waals surface area contributed by atoms with Crippen molar-refractivity contribution in [3.05, 3.63) is 57.2 Å². The topological polar surface area (TPSA) is 130 Å². The summed E-state index contributed by atoms with van der Waals surface area (Å²) < 4.78 is 7.71. The monoisotopic (exact) mass is 392 g/mol. The second kappa shape index (κ2) is 5.81. The lowest BCUT2D eigenvalue weighted by Gasteiger charge is -2.26. The van der Waals surface area contributed by atoms with Crippen molar-refractivity contribution in [3.63, 3.8) is 0 Å². The van der Waals surface area contributed by atoms with Gasteiger partial charge in [0.1, 0.15) is 23.2 Å². The predicted octanol–water partition coefficient (Wildman–Crippen LogP) is 1.36. The molecule has 1 amide bonds. The van der Waals surface area contributed by atoms with Crippen LogP contribution in [0.1, 0.15) is 51.7 Å². The van der Waals surface area contributed by atoms with E-state index in [9.17, 15) is 14.7 Å². The van der Waals surface area contributed by atoms with Crippen LogP contribution >= 0.6 is 0 Å². The SMILES string of the molecule is Cc1cc(C(=O)N2C[C@@H]3C[C@H]2c2c(O)n(-c4cnc(C#N)c(C)c4)c(=O)n23)no1. The van der Waals surface area contributed by atoms with Gasteiger partial charge in [-0.2, -0.15) is 5.26 Å². The van der Waals surface area contributed by atoms with Gasteiger partial charge < -0.3 is 14.5 Å². The maximum absolute atomic E-state index is 13.0. The van der Waals surface area contributed by atoms with Gasteiger partial charge in [0.25, 0.3) is 5.91 Å². The van der Waals surface area contributed by atoms with Crippen LogP contribution in [0.5, 0.6) is 5.88 Å². The minimum absolute atomic E-state index is 0.204. The number of carbonyl (C=O) groups excluding carboxylic acids is 1. The predicted molar refractivity (Wildman–Crippen MR) is 97.6 cm³/mol. The Balaban J connectivity index is 1.58. The molecular weight excluding hydrogens is 376 g/mol. The van der Waals surface area contributed by atoms with Gasteiger partial charge in [-0.15, -0.1) is 0 Å². The number of aryl methyl sites for hydroxylation is 2. The molecule has 2 atom stereocenters. The van der Waals surface area contributed by atoms with Crippen LogP contribution in [0, 0.1) is 25.2 Å². The molecular formula is C19H16N6O4. The van der Waals surface area contributed by atoms with Gasteiger partial charge >= 0.3 is 5.69 Å². The maximum Gasteiger partial charge on any atom is 0.336 e. The summed E-state index contributed by atoms with van der Waals surface area (Å²) in [5.74, 6) is 0.0191. The van der Waals surface area contributed by atoms with Crippen molar-refractivity contribution >= 4 is 5.91 Å². The van der Waals surface area contributed by atoms with Crippen molar-refractivity contribution in [1.82, 2.24) is 24.2 Å². The molecule has 29 heavy (non-hydrogen) atoms. The lowest BCUT2D eigenvalue weighted by Crippen LogP contribution is -2.38. The summed E-state index contributed by atoms with van der Waals surface area (Å²) in [7, 11) is 0. The number of amides is 1. The Morgan fingerprint density at radius 1 is 1.38 bits per heavy atom. The van der Waals surface area contributed by atoms with Crippen LogP contribution in [0.25, 0.3) is 5.69 Å². The molecule has 2 bridgehead atoms. The Morgan fingerprint density at radius 2 is 2.17 bits per heavy atom. The molecule has 3 aromatic rings. The summed E-state index contributed by atoms with van der Waals surface area (Å²) in [6.07, 6.45) is 1.94. The Hall–Kier alpha value is -3.87. The third-order valence-corrected chi connectivity index (χ3v) is 5.59. The van der Waals surface area contributed by atoms with Crippen LogP contribution in [-0.4, -0.2) is 41.7 Å². The molecule has 0 aliphatic carbocycles. The average molecular weight is 392 g/mol. The Morgan fingerprint density at radius 3 is 2.83 bits per heavy atom. The fourth-order valence-electron chi connectivity index (χ4n) is 4.32. The highest BCUT2D eigenvalue weighted by molar-refractivity contribution is 5.93. The number of rotatable bonds is 2. The number of likely N-dealkylation sites (tertiary alicyclic amines) is 1. The third kappa shape index (κ3) is 2.27. The molecule has 0 unspecified atom stereocenters. The molecule has 1 N–H and O–H groups in total. The smallest absolute Gasteiger partial charge is 0.336 e.